The zero-order valence-corrected chi connectivity index (χ0v) is 10.4. The fraction of sp³-hybridized carbons (Fsp3) is 0.286. The van der Waals surface area contributed by atoms with E-state index < -0.39 is 0 Å². The van der Waals surface area contributed by atoms with Crippen molar-refractivity contribution in [1.82, 2.24) is 9.97 Å². The lowest BCUT2D eigenvalue weighted by Crippen LogP contribution is -2.20. The van der Waals surface area contributed by atoms with E-state index in [2.05, 4.69) is 15.3 Å². The molecule has 0 bridgehead atoms. The largest absolute Gasteiger partial charge is 0.340 e. The molecule has 0 radical (unpaired) electrons. The molecule has 0 atom stereocenters. The smallest absolute Gasteiger partial charge is 0.228 e. The number of nitrogens with zero attached hydrogens (tertiary/aromatic N) is 1. The Hall–Kier alpha value is -2.14. The highest BCUT2D eigenvalue weighted by molar-refractivity contribution is 5.99. The highest BCUT2D eigenvalue weighted by Gasteiger charge is 2.42. The Bertz CT molecular complexity index is 685. The number of anilines is 1. The average Bonchev–Trinajstić information content (AvgIpc) is 2.85. The predicted octanol–water partition coefficient (Wildman–Crippen LogP) is 1.52. The van der Waals surface area contributed by atoms with Crippen LogP contribution in [0.1, 0.15) is 24.2 Å². The van der Waals surface area contributed by atoms with Crippen LogP contribution in [0.15, 0.2) is 24.4 Å². The van der Waals surface area contributed by atoms with Crippen LogP contribution in [0.4, 0.5) is 5.69 Å². The van der Waals surface area contributed by atoms with Crippen molar-refractivity contribution in [2.24, 2.45) is 5.73 Å². The first-order valence-corrected chi connectivity index (χ1v) is 6.42. The summed E-state index contributed by atoms with van der Waals surface area (Å²) in [6.07, 6.45) is 4.24. The van der Waals surface area contributed by atoms with E-state index in [1.807, 2.05) is 24.4 Å². The average molecular weight is 254 g/mol. The van der Waals surface area contributed by atoms with Crippen molar-refractivity contribution in [3.05, 3.63) is 35.8 Å². The third-order valence-electron chi connectivity index (χ3n) is 3.88. The second-order valence-corrected chi connectivity index (χ2v) is 5.40. The summed E-state index contributed by atoms with van der Waals surface area (Å²) in [6.45, 7) is 0. The van der Waals surface area contributed by atoms with Gasteiger partial charge in [-0.3, -0.25) is 4.79 Å². The number of benzene rings is 1. The van der Waals surface area contributed by atoms with E-state index in [1.54, 1.807) is 0 Å². The SMILES string of the molecule is NC1(c2ncc(-c3ccc4c(c3)CC(=O)N4)[nH]2)CC1. The van der Waals surface area contributed by atoms with Crippen LogP contribution in [0.2, 0.25) is 0 Å². The van der Waals surface area contributed by atoms with Gasteiger partial charge < -0.3 is 16.0 Å². The van der Waals surface area contributed by atoms with Gasteiger partial charge in [0.05, 0.1) is 23.9 Å². The van der Waals surface area contributed by atoms with E-state index >= 15 is 0 Å². The van der Waals surface area contributed by atoms with Gasteiger partial charge in [0.15, 0.2) is 0 Å². The van der Waals surface area contributed by atoms with Crippen LogP contribution < -0.4 is 11.1 Å². The number of nitrogens with one attached hydrogen (secondary N) is 2. The fourth-order valence-electron chi connectivity index (χ4n) is 2.49. The van der Waals surface area contributed by atoms with Crippen LogP contribution >= 0.6 is 0 Å². The zero-order valence-electron chi connectivity index (χ0n) is 10.4. The minimum absolute atomic E-state index is 0.0522. The van der Waals surface area contributed by atoms with E-state index in [1.165, 1.54) is 0 Å². The Labute approximate surface area is 110 Å². The summed E-state index contributed by atoms with van der Waals surface area (Å²) in [6, 6.07) is 5.95. The number of fused-ring (bicyclic) bond motifs is 1. The molecule has 1 saturated carbocycles. The number of nitrogens with two attached hydrogens (primary N) is 1. The number of hydrogen-bond acceptors (Lipinski definition) is 3. The monoisotopic (exact) mass is 254 g/mol. The van der Waals surface area contributed by atoms with E-state index in [0.29, 0.717) is 6.42 Å². The van der Waals surface area contributed by atoms with Gasteiger partial charge in [-0.05, 0) is 36.1 Å². The number of hydrogen-bond donors (Lipinski definition) is 3. The van der Waals surface area contributed by atoms with Crippen LogP contribution in [0, 0.1) is 0 Å². The van der Waals surface area contributed by atoms with E-state index in [9.17, 15) is 4.79 Å². The molecule has 19 heavy (non-hydrogen) atoms. The second-order valence-electron chi connectivity index (χ2n) is 5.40. The lowest BCUT2D eigenvalue weighted by molar-refractivity contribution is -0.115. The first-order chi connectivity index (χ1) is 9.14. The van der Waals surface area contributed by atoms with Crippen molar-refractivity contribution < 1.29 is 4.79 Å². The van der Waals surface area contributed by atoms with Crippen LogP contribution in [-0.4, -0.2) is 15.9 Å². The molecule has 0 spiro atoms. The van der Waals surface area contributed by atoms with Gasteiger partial charge in [0.1, 0.15) is 5.82 Å². The molecule has 5 heteroatoms. The van der Waals surface area contributed by atoms with Crippen LogP contribution in [-0.2, 0) is 16.8 Å². The molecular formula is C14H14N4O. The summed E-state index contributed by atoms with van der Waals surface area (Å²) in [5.74, 6) is 0.911. The summed E-state index contributed by atoms with van der Waals surface area (Å²) in [5, 5.41) is 2.83. The van der Waals surface area contributed by atoms with E-state index in [4.69, 9.17) is 5.73 Å². The summed E-state index contributed by atoms with van der Waals surface area (Å²) in [7, 11) is 0. The van der Waals surface area contributed by atoms with Gasteiger partial charge in [-0.15, -0.1) is 0 Å². The third-order valence-corrected chi connectivity index (χ3v) is 3.88. The lowest BCUT2D eigenvalue weighted by Gasteiger charge is -2.04. The van der Waals surface area contributed by atoms with Gasteiger partial charge in [-0.1, -0.05) is 6.07 Å². The van der Waals surface area contributed by atoms with Crippen molar-refractivity contribution in [2.45, 2.75) is 24.8 Å². The molecule has 2 aliphatic rings. The first-order valence-electron chi connectivity index (χ1n) is 6.42. The minimum Gasteiger partial charge on any atom is -0.340 e. The van der Waals surface area contributed by atoms with Gasteiger partial charge >= 0.3 is 0 Å². The van der Waals surface area contributed by atoms with Crippen molar-refractivity contribution in [3.8, 4) is 11.3 Å². The standard InChI is InChI=1S/C14H14N4O/c15-14(3-4-14)13-16-7-11(18-13)8-1-2-10-9(5-8)6-12(19)17-10/h1-2,5,7H,3-4,6,15H2,(H,16,18)(H,17,19). The van der Waals surface area contributed by atoms with E-state index in [0.717, 1.165) is 41.2 Å². The summed E-state index contributed by atoms with van der Waals surface area (Å²) in [5.41, 5.74) is 9.81. The van der Waals surface area contributed by atoms with Crippen molar-refractivity contribution in [2.75, 3.05) is 5.32 Å². The van der Waals surface area contributed by atoms with Gasteiger partial charge in [-0.25, -0.2) is 4.98 Å². The van der Waals surface area contributed by atoms with Crippen LogP contribution in [0.5, 0.6) is 0 Å². The third kappa shape index (κ3) is 1.66. The van der Waals surface area contributed by atoms with Crippen LogP contribution in [0.3, 0.4) is 0 Å². The number of carbonyl (C=O) groups excluding carboxylic acids is 1. The molecule has 1 amide bonds. The minimum atomic E-state index is -0.244. The highest BCUT2D eigenvalue weighted by atomic mass is 16.1. The molecule has 2 heterocycles. The molecule has 4 N–H and O–H groups in total. The topological polar surface area (TPSA) is 83.8 Å². The molecule has 0 saturated heterocycles. The second kappa shape index (κ2) is 3.45. The molecule has 1 fully saturated rings. The summed E-state index contributed by atoms with van der Waals surface area (Å²) >= 11 is 0. The Balaban J connectivity index is 1.71. The number of aromatic nitrogens is 2. The number of carbonyl (C=O) groups is 1. The molecule has 1 aliphatic heterocycles. The van der Waals surface area contributed by atoms with Gasteiger partial charge in [0.2, 0.25) is 5.91 Å². The summed E-state index contributed by atoms with van der Waals surface area (Å²) in [4.78, 5) is 19.0. The molecule has 2 aromatic rings. The van der Waals surface area contributed by atoms with Gasteiger partial charge in [-0.2, -0.15) is 0 Å². The van der Waals surface area contributed by atoms with Crippen molar-refractivity contribution in [3.63, 3.8) is 0 Å². The Kier molecular flexibility index (Phi) is 1.95. The molecule has 96 valence electrons. The number of H-pyrrole nitrogens is 1. The first kappa shape index (κ1) is 10.8. The molecule has 0 unspecified atom stereocenters. The van der Waals surface area contributed by atoms with Gasteiger partial charge in [0.25, 0.3) is 0 Å². The number of imidazole rings is 1. The van der Waals surface area contributed by atoms with Crippen LogP contribution in [0.25, 0.3) is 11.3 Å². The predicted molar refractivity (Wildman–Crippen MR) is 71.5 cm³/mol. The Morgan fingerprint density at radius 3 is 2.95 bits per heavy atom. The molecule has 1 aliphatic carbocycles. The number of aromatic amines is 1. The van der Waals surface area contributed by atoms with Crippen molar-refractivity contribution in [1.29, 1.82) is 0 Å². The molecule has 1 aromatic heterocycles. The normalized spacial score (nSPS) is 19.1. The number of amides is 1. The molecule has 4 rings (SSSR count). The summed E-state index contributed by atoms with van der Waals surface area (Å²) < 4.78 is 0. The number of rotatable bonds is 2. The van der Waals surface area contributed by atoms with Gasteiger partial charge in [0, 0.05) is 5.69 Å². The maximum Gasteiger partial charge on any atom is 0.228 e. The highest BCUT2D eigenvalue weighted by Crippen LogP contribution is 2.41. The zero-order chi connectivity index (χ0) is 13.0. The molecule has 1 aromatic carbocycles. The fourth-order valence-corrected chi connectivity index (χ4v) is 2.49. The lowest BCUT2D eigenvalue weighted by atomic mass is 10.1. The maximum absolute atomic E-state index is 11.3. The molecular weight excluding hydrogens is 240 g/mol. The Morgan fingerprint density at radius 1 is 1.32 bits per heavy atom. The van der Waals surface area contributed by atoms with Crippen molar-refractivity contribution >= 4 is 11.6 Å². The molecule has 5 nitrogen and oxygen atoms in total. The van der Waals surface area contributed by atoms with E-state index in [-0.39, 0.29) is 11.4 Å². The Morgan fingerprint density at radius 2 is 2.16 bits per heavy atom. The maximum atomic E-state index is 11.3. The quantitative estimate of drug-likeness (QED) is 0.759.